The minimum Gasteiger partial charge on any atom is -0.431 e. The fraction of sp³-hybridized carbons (Fsp3) is 0.750. The highest BCUT2D eigenvalue weighted by atomic mass is 16.7. The third-order valence-electron chi connectivity index (χ3n) is 1.92. The van der Waals surface area contributed by atoms with Crippen LogP contribution in [0.3, 0.4) is 0 Å². The monoisotopic (exact) mass is 216 g/mol. The molecule has 0 N–H and O–H groups in total. The molecule has 0 radical (unpaired) electrons. The Labute approximate surface area is 93.5 Å². The van der Waals surface area contributed by atoms with Gasteiger partial charge in [0.25, 0.3) is 0 Å². The van der Waals surface area contributed by atoms with Gasteiger partial charge in [-0.15, -0.1) is 0 Å². The van der Waals surface area contributed by atoms with Gasteiger partial charge in [-0.25, -0.2) is 4.79 Å². The fourth-order valence-corrected chi connectivity index (χ4v) is 0.673. The first-order valence-electron chi connectivity index (χ1n) is 5.06. The normalized spacial score (nSPS) is 12.3. The molecule has 3 heteroatoms. The summed E-state index contributed by atoms with van der Waals surface area (Å²) in [6, 6.07) is 0. The van der Waals surface area contributed by atoms with Crippen LogP contribution in [0, 0.1) is 5.92 Å². The highest BCUT2D eigenvalue weighted by molar-refractivity contribution is 5.60. The van der Waals surface area contributed by atoms with Crippen molar-refractivity contribution in [1.29, 1.82) is 0 Å². The van der Waals surface area contributed by atoms with Gasteiger partial charge in [-0.3, -0.25) is 0 Å². The zero-order valence-corrected chi connectivity index (χ0v) is 9.45. The lowest BCUT2D eigenvalue weighted by molar-refractivity contribution is 0.0203. The van der Waals surface area contributed by atoms with Crippen LogP contribution in [0.5, 0.6) is 0 Å². The quantitative estimate of drug-likeness (QED) is 0.518. The second-order valence-corrected chi connectivity index (χ2v) is 3.51. The third kappa shape index (κ3) is 9.32. The van der Waals surface area contributed by atoms with Crippen LogP contribution in [0.4, 0.5) is 4.79 Å². The first-order chi connectivity index (χ1) is 6.57. The van der Waals surface area contributed by atoms with Crippen LogP contribution < -0.4 is 0 Å². The molecule has 0 bridgehead atoms. The van der Waals surface area contributed by atoms with Gasteiger partial charge in [0.15, 0.2) is 0 Å². The summed E-state index contributed by atoms with van der Waals surface area (Å²) in [7, 11) is 0. The van der Waals surface area contributed by atoms with Crippen molar-refractivity contribution >= 4 is 6.16 Å². The Hall–Kier alpha value is -0.990. The molecule has 0 aromatic heterocycles. The summed E-state index contributed by atoms with van der Waals surface area (Å²) >= 11 is 0. The molecule has 90 valence electrons. The van der Waals surface area contributed by atoms with Crippen molar-refractivity contribution in [3.63, 3.8) is 0 Å². The van der Waals surface area contributed by atoms with E-state index in [-0.39, 0.29) is 20.1 Å². The van der Waals surface area contributed by atoms with E-state index in [0.29, 0.717) is 5.92 Å². The molecule has 0 heterocycles. The van der Waals surface area contributed by atoms with E-state index in [0.717, 1.165) is 6.42 Å². The second-order valence-electron chi connectivity index (χ2n) is 3.51. The molecular weight excluding hydrogens is 192 g/mol. The van der Waals surface area contributed by atoms with E-state index in [4.69, 9.17) is 9.47 Å². The molecule has 0 rings (SSSR count). The van der Waals surface area contributed by atoms with E-state index < -0.39 is 6.16 Å². The summed E-state index contributed by atoms with van der Waals surface area (Å²) in [5, 5.41) is 0. The average molecular weight is 216 g/mol. The number of carbonyl (C=O) groups is 1. The average Bonchev–Trinajstić information content (AvgIpc) is 2.12. The summed E-state index contributed by atoms with van der Waals surface area (Å²) in [6.45, 7) is 8.16. The molecule has 0 aromatic carbocycles. The molecule has 0 fully saturated rings. The van der Waals surface area contributed by atoms with Crippen LogP contribution in [0.1, 0.15) is 41.5 Å². The Morgan fingerprint density at radius 2 is 1.87 bits per heavy atom. The molecule has 0 saturated heterocycles. The number of hydrogen-bond donors (Lipinski definition) is 0. The molecule has 0 aliphatic carbocycles. The smallest absolute Gasteiger partial charge is 0.431 e. The summed E-state index contributed by atoms with van der Waals surface area (Å²) < 4.78 is 9.81. The third-order valence-corrected chi connectivity index (χ3v) is 1.92. The molecule has 1 unspecified atom stereocenters. The van der Waals surface area contributed by atoms with E-state index in [9.17, 15) is 4.79 Å². The zero-order chi connectivity index (χ0) is 11.0. The maximum atomic E-state index is 11.0. The molecule has 0 saturated carbocycles. The van der Waals surface area contributed by atoms with Gasteiger partial charge in [0.2, 0.25) is 0 Å². The Kier molecular flexibility index (Phi) is 10.5. The Balaban J connectivity index is 0. The van der Waals surface area contributed by atoms with Crippen LogP contribution in [0.25, 0.3) is 0 Å². The predicted molar refractivity (Wildman–Crippen MR) is 62.9 cm³/mol. The van der Waals surface area contributed by atoms with E-state index in [2.05, 4.69) is 0 Å². The maximum absolute atomic E-state index is 11.0. The van der Waals surface area contributed by atoms with Crippen molar-refractivity contribution in [2.24, 2.45) is 5.92 Å². The van der Waals surface area contributed by atoms with Gasteiger partial charge in [0.05, 0.1) is 0 Å². The van der Waals surface area contributed by atoms with Gasteiger partial charge in [-0.05, 0) is 19.3 Å². The second kappa shape index (κ2) is 9.56. The van der Waals surface area contributed by atoms with E-state index >= 15 is 0 Å². The fourth-order valence-electron chi connectivity index (χ4n) is 0.673. The summed E-state index contributed by atoms with van der Waals surface area (Å²) in [6.07, 6.45) is 4.01. The summed E-state index contributed by atoms with van der Waals surface area (Å²) in [5.74, 6) is 0.314. The van der Waals surface area contributed by atoms with Crippen molar-refractivity contribution in [3.8, 4) is 0 Å². The van der Waals surface area contributed by atoms with E-state index in [1.54, 1.807) is 6.08 Å². The Morgan fingerprint density at radius 3 is 2.33 bits per heavy atom. The first-order valence-corrected chi connectivity index (χ1v) is 5.06. The Morgan fingerprint density at radius 1 is 1.27 bits per heavy atom. The molecule has 0 spiro atoms. The molecule has 0 aliphatic rings. The van der Waals surface area contributed by atoms with Crippen LogP contribution in [0.15, 0.2) is 12.2 Å². The summed E-state index contributed by atoms with van der Waals surface area (Å²) in [4.78, 5) is 11.0. The number of allylic oxidation sites excluding steroid dienone is 1. The standard InChI is InChI=1S/C11H20O3.CH4/c1-5-6-7-8-13-11(12)14-10(4)9(2)3;/h6-7,9-10H,5,8H2,1-4H3;1H4/b7-6+;. The molecular formula is C12H24O3. The lowest BCUT2D eigenvalue weighted by atomic mass is 10.1. The molecule has 15 heavy (non-hydrogen) atoms. The van der Waals surface area contributed by atoms with E-state index in [1.165, 1.54) is 0 Å². The largest absolute Gasteiger partial charge is 0.508 e. The minimum atomic E-state index is -0.591. The molecule has 0 aliphatic heterocycles. The van der Waals surface area contributed by atoms with Gasteiger partial charge in [0, 0.05) is 0 Å². The lowest BCUT2D eigenvalue weighted by Crippen LogP contribution is -2.20. The number of carbonyl (C=O) groups excluding carboxylic acids is 1. The van der Waals surface area contributed by atoms with Gasteiger partial charge in [-0.2, -0.15) is 0 Å². The number of rotatable bonds is 5. The SMILES string of the molecule is C.CC/C=C/COC(=O)OC(C)C(C)C. The van der Waals surface area contributed by atoms with E-state index in [1.807, 2.05) is 33.8 Å². The molecule has 0 amide bonds. The molecule has 0 aromatic rings. The first kappa shape index (κ1) is 16.4. The van der Waals surface area contributed by atoms with Crippen LogP contribution in [-0.4, -0.2) is 18.9 Å². The van der Waals surface area contributed by atoms with Gasteiger partial charge >= 0.3 is 6.16 Å². The van der Waals surface area contributed by atoms with Crippen molar-refractivity contribution in [3.05, 3.63) is 12.2 Å². The minimum absolute atomic E-state index is 0. The predicted octanol–water partition coefficient (Wildman–Crippen LogP) is 3.79. The maximum Gasteiger partial charge on any atom is 0.508 e. The lowest BCUT2D eigenvalue weighted by Gasteiger charge is -2.15. The number of hydrogen-bond acceptors (Lipinski definition) is 3. The van der Waals surface area contributed by atoms with Gasteiger partial charge in [-0.1, -0.05) is 40.3 Å². The van der Waals surface area contributed by atoms with Crippen molar-refractivity contribution in [2.75, 3.05) is 6.61 Å². The van der Waals surface area contributed by atoms with Gasteiger partial charge in [0.1, 0.15) is 12.7 Å². The molecule has 3 nitrogen and oxygen atoms in total. The highest BCUT2D eigenvalue weighted by Gasteiger charge is 2.12. The highest BCUT2D eigenvalue weighted by Crippen LogP contribution is 2.06. The zero-order valence-electron chi connectivity index (χ0n) is 9.45. The molecule has 1 atom stereocenters. The van der Waals surface area contributed by atoms with Crippen LogP contribution in [-0.2, 0) is 9.47 Å². The van der Waals surface area contributed by atoms with Gasteiger partial charge < -0.3 is 9.47 Å². The summed E-state index contributed by atoms with van der Waals surface area (Å²) in [5.41, 5.74) is 0. The Bertz CT molecular complexity index is 185. The number of ether oxygens (including phenoxy) is 2. The topological polar surface area (TPSA) is 35.5 Å². The van der Waals surface area contributed by atoms with Crippen molar-refractivity contribution < 1.29 is 14.3 Å². The van der Waals surface area contributed by atoms with Crippen molar-refractivity contribution in [2.45, 2.75) is 47.6 Å². The van der Waals surface area contributed by atoms with Crippen molar-refractivity contribution in [1.82, 2.24) is 0 Å². The van der Waals surface area contributed by atoms with Crippen LogP contribution in [0.2, 0.25) is 0 Å². The van der Waals surface area contributed by atoms with Crippen LogP contribution >= 0.6 is 0 Å².